The van der Waals surface area contributed by atoms with Crippen molar-refractivity contribution in [3.8, 4) is 0 Å². The van der Waals surface area contributed by atoms with E-state index in [4.69, 9.17) is 0 Å². The number of rotatable bonds is 4. The van der Waals surface area contributed by atoms with E-state index >= 15 is 0 Å². The highest BCUT2D eigenvalue weighted by Crippen LogP contribution is 2.13. The van der Waals surface area contributed by atoms with Crippen LogP contribution in [-0.2, 0) is 9.53 Å². The third-order valence-electron chi connectivity index (χ3n) is 2.90. The molecule has 2 N–H and O–H groups in total. The first-order chi connectivity index (χ1) is 9.15. The summed E-state index contributed by atoms with van der Waals surface area (Å²) in [5, 5.41) is 10.2. The van der Waals surface area contributed by atoms with Gasteiger partial charge in [0.05, 0.1) is 18.8 Å². The van der Waals surface area contributed by atoms with Crippen molar-refractivity contribution in [2.45, 2.75) is 19.4 Å². The number of carbonyl (C=O) groups excluding carboxylic acids is 2. The Morgan fingerprint density at radius 2 is 2.26 bits per heavy atom. The number of H-pyrrole nitrogens is 1. The van der Waals surface area contributed by atoms with Gasteiger partial charge in [0.2, 0.25) is 0 Å². The van der Waals surface area contributed by atoms with Crippen LogP contribution in [-0.4, -0.2) is 35.2 Å². The van der Waals surface area contributed by atoms with E-state index in [1.165, 1.54) is 7.11 Å². The van der Waals surface area contributed by atoms with Crippen LogP contribution in [0.4, 0.5) is 0 Å². The summed E-state index contributed by atoms with van der Waals surface area (Å²) in [6, 6.07) is 4.55. The summed E-state index contributed by atoms with van der Waals surface area (Å²) in [7, 11) is 1.30. The highest BCUT2D eigenvalue weighted by Gasteiger charge is 2.20. The molecular formula is C13H15N3O3. The predicted octanol–water partition coefficient (Wildman–Crippen LogP) is 1.24. The van der Waals surface area contributed by atoms with Crippen molar-refractivity contribution < 1.29 is 14.3 Å². The van der Waals surface area contributed by atoms with E-state index < -0.39 is 12.0 Å². The highest BCUT2D eigenvalue weighted by atomic mass is 16.5. The van der Waals surface area contributed by atoms with Crippen molar-refractivity contribution in [1.29, 1.82) is 0 Å². The van der Waals surface area contributed by atoms with E-state index in [-0.39, 0.29) is 5.91 Å². The molecule has 0 radical (unpaired) electrons. The Morgan fingerprint density at radius 1 is 1.47 bits per heavy atom. The summed E-state index contributed by atoms with van der Waals surface area (Å²) in [6.45, 7) is 1.81. The van der Waals surface area contributed by atoms with Crippen LogP contribution in [0, 0.1) is 0 Å². The largest absolute Gasteiger partial charge is 0.467 e. The topological polar surface area (TPSA) is 84.1 Å². The predicted molar refractivity (Wildman–Crippen MR) is 69.7 cm³/mol. The minimum Gasteiger partial charge on any atom is -0.467 e. The number of carbonyl (C=O) groups is 2. The fourth-order valence-electron chi connectivity index (χ4n) is 1.80. The quantitative estimate of drug-likeness (QED) is 0.811. The van der Waals surface area contributed by atoms with Crippen molar-refractivity contribution in [2.75, 3.05) is 7.11 Å². The molecule has 0 saturated heterocycles. The molecule has 6 heteroatoms. The van der Waals surface area contributed by atoms with E-state index in [0.717, 1.165) is 10.9 Å². The van der Waals surface area contributed by atoms with Crippen molar-refractivity contribution in [3.05, 3.63) is 30.0 Å². The van der Waals surface area contributed by atoms with Crippen LogP contribution in [0.15, 0.2) is 24.4 Å². The smallest absolute Gasteiger partial charge is 0.328 e. The molecule has 2 rings (SSSR count). The Kier molecular flexibility index (Phi) is 3.79. The average molecular weight is 261 g/mol. The molecule has 1 atom stereocenters. The maximum Gasteiger partial charge on any atom is 0.328 e. The second kappa shape index (κ2) is 5.51. The summed E-state index contributed by atoms with van der Waals surface area (Å²) >= 11 is 0. The molecule has 19 heavy (non-hydrogen) atoms. The van der Waals surface area contributed by atoms with Gasteiger partial charge in [0.25, 0.3) is 5.91 Å². The molecule has 0 saturated carbocycles. The zero-order valence-electron chi connectivity index (χ0n) is 10.8. The zero-order valence-corrected chi connectivity index (χ0v) is 10.8. The zero-order chi connectivity index (χ0) is 13.8. The Labute approximate surface area is 110 Å². The number of aromatic amines is 1. The Morgan fingerprint density at radius 3 is 2.95 bits per heavy atom. The number of amides is 1. The number of ether oxygens (including phenoxy) is 1. The first kappa shape index (κ1) is 13.1. The minimum atomic E-state index is -0.627. The summed E-state index contributed by atoms with van der Waals surface area (Å²) in [5.41, 5.74) is 1.34. The molecule has 1 aromatic carbocycles. The number of aromatic nitrogens is 2. The number of hydrogen-bond acceptors (Lipinski definition) is 4. The molecule has 0 aliphatic rings. The Balaban J connectivity index is 2.16. The lowest BCUT2D eigenvalue weighted by Crippen LogP contribution is -2.41. The summed E-state index contributed by atoms with van der Waals surface area (Å²) in [6.07, 6.45) is 2.12. The van der Waals surface area contributed by atoms with Crippen molar-refractivity contribution in [2.24, 2.45) is 0 Å². The second-order valence-electron chi connectivity index (χ2n) is 4.13. The van der Waals surface area contributed by atoms with Gasteiger partial charge in [-0.3, -0.25) is 9.89 Å². The van der Waals surface area contributed by atoms with Gasteiger partial charge in [-0.15, -0.1) is 0 Å². The second-order valence-corrected chi connectivity index (χ2v) is 4.13. The molecule has 2 aromatic rings. The number of fused-ring (bicyclic) bond motifs is 1. The van der Waals surface area contributed by atoms with Crippen LogP contribution in [0.2, 0.25) is 0 Å². The van der Waals surface area contributed by atoms with Gasteiger partial charge in [-0.25, -0.2) is 4.79 Å². The van der Waals surface area contributed by atoms with Gasteiger partial charge in [-0.05, 0) is 24.6 Å². The molecule has 0 bridgehead atoms. The van der Waals surface area contributed by atoms with Gasteiger partial charge >= 0.3 is 5.97 Å². The van der Waals surface area contributed by atoms with Crippen LogP contribution in [0.1, 0.15) is 23.7 Å². The van der Waals surface area contributed by atoms with E-state index in [0.29, 0.717) is 12.0 Å². The summed E-state index contributed by atoms with van der Waals surface area (Å²) in [4.78, 5) is 23.5. The normalized spacial score (nSPS) is 12.1. The molecule has 100 valence electrons. The lowest BCUT2D eigenvalue weighted by Gasteiger charge is -2.14. The van der Waals surface area contributed by atoms with E-state index in [1.807, 2.05) is 0 Å². The monoisotopic (exact) mass is 261 g/mol. The highest BCUT2D eigenvalue weighted by molar-refractivity contribution is 5.99. The Bertz CT molecular complexity index is 606. The van der Waals surface area contributed by atoms with Crippen LogP contribution in [0.5, 0.6) is 0 Å². The maximum absolute atomic E-state index is 12.1. The maximum atomic E-state index is 12.1. The van der Waals surface area contributed by atoms with Crippen molar-refractivity contribution >= 4 is 22.8 Å². The van der Waals surface area contributed by atoms with E-state index in [2.05, 4.69) is 20.3 Å². The molecule has 0 aliphatic carbocycles. The molecule has 0 aliphatic heterocycles. The molecule has 1 unspecified atom stereocenters. The SMILES string of the molecule is CCC(NC(=O)c1ccc2[nH]ncc2c1)C(=O)OC. The summed E-state index contributed by atoms with van der Waals surface area (Å²) in [5.74, 6) is -0.749. The van der Waals surface area contributed by atoms with Crippen LogP contribution < -0.4 is 5.32 Å². The van der Waals surface area contributed by atoms with Gasteiger partial charge in [-0.2, -0.15) is 5.10 Å². The Hall–Kier alpha value is -2.37. The first-order valence-corrected chi connectivity index (χ1v) is 5.97. The third kappa shape index (κ3) is 2.73. The van der Waals surface area contributed by atoms with Crippen molar-refractivity contribution in [1.82, 2.24) is 15.5 Å². The standard InChI is InChI=1S/C13H15N3O3/c1-3-10(13(18)19-2)15-12(17)8-4-5-11-9(6-8)7-14-16-11/h4-7,10H,3H2,1-2H3,(H,14,16)(H,15,17). The molecule has 0 spiro atoms. The molecule has 1 aromatic heterocycles. The molecular weight excluding hydrogens is 246 g/mol. The lowest BCUT2D eigenvalue weighted by atomic mass is 10.1. The number of hydrogen-bond donors (Lipinski definition) is 2. The summed E-state index contributed by atoms with van der Waals surface area (Å²) < 4.78 is 4.63. The fraction of sp³-hybridized carbons (Fsp3) is 0.308. The number of esters is 1. The number of benzene rings is 1. The average Bonchev–Trinajstić information content (AvgIpc) is 2.90. The van der Waals surface area contributed by atoms with Gasteiger partial charge in [0.15, 0.2) is 0 Å². The van der Waals surface area contributed by atoms with Gasteiger partial charge in [0.1, 0.15) is 6.04 Å². The molecule has 1 heterocycles. The van der Waals surface area contributed by atoms with Crippen LogP contribution in [0.25, 0.3) is 10.9 Å². The van der Waals surface area contributed by atoms with Gasteiger partial charge in [-0.1, -0.05) is 6.92 Å². The fourth-order valence-corrected chi connectivity index (χ4v) is 1.80. The molecule has 1 amide bonds. The van der Waals surface area contributed by atoms with Gasteiger partial charge < -0.3 is 10.1 Å². The number of methoxy groups -OCH3 is 1. The van der Waals surface area contributed by atoms with E-state index in [1.54, 1.807) is 31.3 Å². The first-order valence-electron chi connectivity index (χ1n) is 5.97. The van der Waals surface area contributed by atoms with Gasteiger partial charge in [0, 0.05) is 10.9 Å². The van der Waals surface area contributed by atoms with Crippen LogP contribution >= 0.6 is 0 Å². The lowest BCUT2D eigenvalue weighted by molar-refractivity contribution is -0.142. The number of nitrogens with one attached hydrogen (secondary N) is 2. The van der Waals surface area contributed by atoms with Crippen LogP contribution in [0.3, 0.4) is 0 Å². The third-order valence-corrected chi connectivity index (χ3v) is 2.90. The minimum absolute atomic E-state index is 0.305. The molecule has 6 nitrogen and oxygen atoms in total. The van der Waals surface area contributed by atoms with Crippen molar-refractivity contribution in [3.63, 3.8) is 0 Å². The number of nitrogens with zero attached hydrogens (tertiary/aromatic N) is 1. The van der Waals surface area contributed by atoms with E-state index in [9.17, 15) is 9.59 Å². The molecule has 0 fully saturated rings.